The molecule has 6 heteroatoms. The summed E-state index contributed by atoms with van der Waals surface area (Å²) in [6.45, 7) is 10.6. The molecule has 180 valence electrons. The van der Waals surface area contributed by atoms with Crippen LogP contribution in [0.3, 0.4) is 0 Å². The molecular weight excluding hydrogens is 449 g/mol. The van der Waals surface area contributed by atoms with Crippen LogP contribution in [0.4, 0.5) is 13.2 Å². The standard InChI is InChI=1S/C29H27F3N2O/c1-16(2)23-13-19(11-18-12-20(29(30,31)32)7-9-21(18)23)25-27-26(34-15-33-25)22-8-6-17(10-24(22)35-27)14-28(3,4)5/h6-13,15-16H,14H2,1-5H3. The van der Waals surface area contributed by atoms with Gasteiger partial charge in [0.25, 0.3) is 0 Å². The Kier molecular flexibility index (Phi) is 5.38. The second-order valence-electron chi connectivity index (χ2n) is 10.7. The molecule has 0 aliphatic rings. The van der Waals surface area contributed by atoms with Gasteiger partial charge in [-0.2, -0.15) is 13.2 Å². The maximum absolute atomic E-state index is 13.4. The summed E-state index contributed by atoms with van der Waals surface area (Å²) >= 11 is 0. The van der Waals surface area contributed by atoms with Gasteiger partial charge in [-0.25, -0.2) is 9.97 Å². The Morgan fingerprint density at radius 1 is 0.886 bits per heavy atom. The van der Waals surface area contributed by atoms with Gasteiger partial charge in [-0.05, 0) is 76.1 Å². The first-order chi connectivity index (χ1) is 16.4. The van der Waals surface area contributed by atoms with Crippen molar-refractivity contribution in [1.29, 1.82) is 0 Å². The highest BCUT2D eigenvalue weighted by molar-refractivity contribution is 6.07. The molecule has 0 aliphatic carbocycles. The minimum Gasteiger partial charge on any atom is -0.452 e. The van der Waals surface area contributed by atoms with Crippen LogP contribution in [0.2, 0.25) is 0 Å². The number of benzene rings is 3. The fourth-order valence-corrected chi connectivity index (χ4v) is 4.74. The number of hydrogen-bond donors (Lipinski definition) is 0. The molecule has 5 aromatic rings. The fraction of sp³-hybridized carbons (Fsp3) is 0.310. The van der Waals surface area contributed by atoms with Crippen LogP contribution in [-0.2, 0) is 12.6 Å². The maximum Gasteiger partial charge on any atom is 0.416 e. The molecule has 0 radical (unpaired) electrons. The molecule has 0 saturated heterocycles. The van der Waals surface area contributed by atoms with Crippen LogP contribution >= 0.6 is 0 Å². The van der Waals surface area contributed by atoms with E-state index in [2.05, 4.69) is 36.8 Å². The van der Waals surface area contributed by atoms with Crippen molar-refractivity contribution < 1.29 is 17.6 Å². The zero-order chi connectivity index (χ0) is 25.1. The highest BCUT2D eigenvalue weighted by Gasteiger charge is 2.30. The first-order valence-electron chi connectivity index (χ1n) is 11.7. The average molecular weight is 477 g/mol. The molecule has 0 bridgehead atoms. The van der Waals surface area contributed by atoms with Gasteiger partial charge in [0, 0.05) is 10.9 Å². The Hall–Kier alpha value is -3.41. The summed E-state index contributed by atoms with van der Waals surface area (Å²) in [5, 5.41) is 2.22. The van der Waals surface area contributed by atoms with Gasteiger partial charge in [0.05, 0.1) is 5.56 Å². The summed E-state index contributed by atoms with van der Waals surface area (Å²) in [5.41, 5.74) is 4.85. The highest BCUT2D eigenvalue weighted by Crippen LogP contribution is 2.39. The zero-order valence-corrected chi connectivity index (χ0v) is 20.4. The molecule has 3 aromatic carbocycles. The van der Waals surface area contributed by atoms with Crippen molar-refractivity contribution >= 4 is 32.8 Å². The molecule has 0 fully saturated rings. The lowest BCUT2D eigenvalue weighted by Crippen LogP contribution is -2.08. The lowest BCUT2D eigenvalue weighted by Gasteiger charge is -2.17. The van der Waals surface area contributed by atoms with Crippen LogP contribution < -0.4 is 0 Å². The van der Waals surface area contributed by atoms with Gasteiger partial charge >= 0.3 is 6.18 Å². The summed E-state index contributed by atoms with van der Waals surface area (Å²) in [6, 6.07) is 13.8. The van der Waals surface area contributed by atoms with E-state index < -0.39 is 11.7 Å². The number of furan rings is 1. The lowest BCUT2D eigenvalue weighted by molar-refractivity contribution is -0.137. The largest absolute Gasteiger partial charge is 0.452 e. The van der Waals surface area contributed by atoms with E-state index in [1.54, 1.807) is 12.1 Å². The SMILES string of the molecule is CC(C)c1cc(-c2ncnc3c2oc2cc(CC(C)(C)C)ccc23)cc2cc(C(F)(F)F)ccc12. The number of fused-ring (bicyclic) bond motifs is 4. The fourth-order valence-electron chi connectivity index (χ4n) is 4.74. The van der Waals surface area contributed by atoms with Gasteiger partial charge in [0.1, 0.15) is 23.1 Å². The lowest BCUT2D eigenvalue weighted by atomic mass is 9.88. The first-order valence-corrected chi connectivity index (χ1v) is 11.7. The van der Waals surface area contributed by atoms with Crippen molar-refractivity contribution in [2.75, 3.05) is 0 Å². The first kappa shape index (κ1) is 23.3. The molecule has 5 rings (SSSR count). The van der Waals surface area contributed by atoms with Crippen LogP contribution in [0.25, 0.3) is 44.1 Å². The molecule has 0 N–H and O–H groups in total. The van der Waals surface area contributed by atoms with Crippen LogP contribution in [0.5, 0.6) is 0 Å². The van der Waals surface area contributed by atoms with Crippen molar-refractivity contribution in [1.82, 2.24) is 9.97 Å². The van der Waals surface area contributed by atoms with Gasteiger partial charge in [0.15, 0.2) is 5.58 Å². The topological polar surface area (TPSA) is 38.9 Å². The van der Waals surface area contributed by atoms with Crippen LogP contribution in [0.15, 0.2) is 59.3 Å². The molecule has 0 atom stereocenters. The van der Waals surface area contributed by atoms with Crippen molar-refractivity contribution in [2.24, 2.45) is 5.41 Å². The Labute approximate surface area is 202 Å². The molecule has 3 nitrogen and oxygen atoms in total. The molecule has 35 heavy (non-hydrogen) atoms. The summed E-state index contributed by atoms with van der Waals surface area (Å²) in [6.07, 6.45) is -2.02. The monoisotopic (exact) mass is 476 g/mol. The van der Waals surface area contributed by atoms with E-state index in [9.17, 15) is 13.2 Å². The van der Waals surface area contributed by atoms with E-state index in [1.165, 1.54) is 18.0 Å². The normalized spacial score (nSPS) is 12.9. The van der Waals surface area contributed by atoms with E-state index in [-0.39, 0.29) is 11.3 Å². The van der Waals surface area contributed by atoms with Gasteiger partial charge in [-0.15, -0.1) is 0 Å². The molecule has 2 heterocycles. The molecule has 0 saturated carbocycles. The van der Waals surface area contributed by atoms with E-state index in [4.69, 9.17) is 4.42 Å². The molecule has 2 aromatic heterocycles. The molecule has 0 spiro atoms. The number of aromatic nitrogens is 2. The predicted molar refractivity (Wildman–Crippen MR) is 135 cm³/mol. The third-order valence-corrected chi connectivity index (χ3v) is 6.26. The third-order valence-electron chi connectivity index (χ3n) is 6.26. The number of rotatable bonds is 3. The average Bonchev–Trinajstić information content (AvgIpc) is 3.13. The summed E-state index contributed by atoms with van der Waals surface area (Å²) in [4.78, 5) is 8.98. The summed E-state index contributed by atoms with van der Waals surface area (Å²) in [7, 11) is 0. The predicted octanol–water partition coefficient (Wildman–Crippen LogP) is 8.93. The molecule has 0 amide bonds. The van der Waals surface area contributed by atoms with E-state index in [1.807, 2.05) is 32.0 Å². The second kappa shape index (κ2) is 8.08. The van der Waals surface area contributed by atoms with Crippen LogP contribution in [0.1, 0.15) is 57.2 Å². The van der Waals surface area contributed by atoms with E-state index >= 15 is 0 Å². The smallest absolute Gasteiger partial charge is 0.416 e. The Morgan fingerprint density at radius 2 is 1.63 bits per heavy atom. The van der Waals surface area contributed by atoms with Crippen molar-refractivity contribution in [2.45, 2.75) is 53.1 Å². The number of nitrogens with zero attached hydrogens (tertiary/aromatic N) is 2. The van der Waals surface area contributed by atoms with Crippen LogP contribution in [-0.4, -0.2) is 9.97 Å². The molecule has 0 aliphatic heterocycles. The molecule has 0 unspecified atom stereocenters. The quantitative estimate of drug-likeness (QED) is 0.261. The van der Waals surface area contributed by atoms with Gasteiger partial charge in [-0.3, -0.25) is 0 Å². The second-order valence-corrected chi connectivity index (χ2v) is 10.7. The van der Waals surface area contributed by atoms with Crippen molar-refractivity contribution in [3.8, 4) is 11.3 Å². The minimum absolute atomic E-state index is 0.113. The zero-order valence-electron chi connectivity index (χ0n) is 20.4. The summed E-state index contributed by atoms with van der Waals surface area (Å²) in [5.74, 6) is 0.113. The Balaban J connectivity index is 1.73. The van der Waals surface area contributed by atoms with Gasteiger partial charge in [-0.1, -0.05) is 46.8 Å². The van der Waals surface area contributed by atoms with Gasteiger partial charge in [0.2, 0.25) is 0 Å². The van der Waals surface area contributed by atoms with Crippen LogP contribution in [0, 0.1) is 5.41 Å². The number of hydrogen-bond acceptors (Lipinski definition) is 3. The van der Waals surface area contributed by atoms with E-state index in [0.29, 0.717) is 27.7 Å². The third kappa shape index (κ3) is 4.38. The Bertz CT molecular complexity index is 1570. The Morgan fingerprint density at radius 3 is 2.31 bits per heavy atom. The maximum atomic E-state index is 13.4. The molecular formula is C29H27F3N2O. The number of halogens is 3. The van der Waals surface area contributed by atoms with Gasteiger partial charge < -0.3 is 4.42 Å². The van der Waals surface area contributed by atoms with Crippen molar-refractivity contribution in [3.63, 3.8) is 0 Å². The minimum atomic E-state index is -4.41. The van der Waals surface area contributed by atoms with E-state index in [0.717, 1.165) is 34.4 Å². The van der Waals surface area contributed by atoms with Crippen molar-refractivity contribution in [3.05, 3.63) is 71.5 Å². The highest BCUT2D eigenvalue weighted by atomic mass is 19.4. The summed E-state index contributed by atoms with van der Waals surface area (Å²) < 4.78 is 46.6. The number of alkyl halides is 3.